The maximum absolute atomic E-state index is 11.9. The molecule has 0 saturated heterocycles. The number of carbonyl (C=O) groups is 1. The normalized spacial score (nSPS) is 13.0. The number of anilines is 1. The zero-order valence-electron chi connectivity index (χ0n) is 18.2. The van der Waals surface area contributed by atoms with Gasteiger partial charge in [-0.05, 0) is 24.1 Å². The summed E-state index contributed by atoms with van der Waals surface area (Å²) >= 11 is 5.92. The standard InChI is InChI=1S/C22H31ClN4O4/c1-4-6-7-8-9-10-15-30-21(28)31-16-22(5-2,29-3)12-14-27-13-11-17-18(24)25-20(23)26-19(17)27/h2,11,13H,4,6-10,12,14-16H2,1,3H3,(H2,24,25,26). The third-order valence-corrected chi connectivity index (χ3v) is 5.34. The fraction of sp³-hybridized carbons (Fsp3) is 0.591. The molecule has 8 nitrogen and oxygen atoms in total. The number of hydrogen-bond donors (Lipinski definition) is 1. The Kier molecular flexibility index (Phi) is 9.89. The first-order chi connectivity index (χ1) is 14.9. The highest BCUT2D eigenvalue weighted by Gasteiger charge is 2.30. The zero-order valence-corrected chi connectivity index (χ0v) is 19.0. The zero-order chi connectivity index (χ0) is 22.7. The van der Waals surface area contributed by atoms with Gasteiger partial charge in [0.15, 0.2) is 5.60 Å². The lowest BCUT2D eigenvalue weighted by Gasteiger charge is -2.26. The average molecular weight is 451 g/mol. The van der Waals surface area contributed by atoms with E-state index in [9.17, 15) is 4.79 Å². The van der Waals surface area contributed by atoms with E-state index in [-0.39, 0.29) is 11.9 Å². The van der Waals surface area contributed by atoms with Crippen molar-refractivity contribution < 1.29 is 19.0 Å². The number of hydrogen-bond acceptors (Lipinski definition) is 7. The number of carbonyl (C=O) groups excluding carboxylic acids is 1. The first-order valence-corrected chi connectivity index (χ1v) is 10.9. The highest BCUT2D eigenvalue weighted by Crippen LogP contribution is 2.23. The van der Waals surface area contributed by atoms with Crippen molar-refractivity contribution in [3.63, 3.8) is 0 Å². The quantitative estimate of drug-likeness (QED) is 0.206. The van der Waals surface area contributed by atoms with Crippen LogP contribution in [0.15, 0.2) is 12.3 Å². The number of rotatable bonds is 13. The fourth-order valence-electron chi connectivity index (χ4n) is 3.20. The van der Waals surface area contributed by atoms with Crippen LogP contribution < -0.4 is 5.73 Å². The van der Waals surface area contributed by atoms with E-state index in [4.69, 9.17) is 38.0 Å². The molecule has 0 aliphatic rings. The van der Waals surface area contributed by atoms with Crippen molar-refractivity contribution in [1.29, 1.82) is 0 Å². The maximum Gasteiger partial charge on any atom is 0.508 e. The van der Waals surface area contributed by atoms with Crippen molar-refractivity contribution >= 4 is 34.6 Å². The smallest absolute Gasteiger partial charge is 0.434 e. The van der Waals surface area contributed by atoms with Crippen molar-refractivity contribution in [2.24, 2.45) is 0 Å². The molecule has 170 valence electrons. The van der Waals surface area contributed by atoms with Gasteiger partial charge in [-0.25, -0.2) is 9.78 Å². The van der Waals surface area contributed by atoms with Gasteiger partial charge in [0.1, 0.15) is 18.1 Å². The number of aryl methyl sites for hydroxylation is 1. The van der Waals surface area contributed by atoms with Crippen LogP contribution >= 0.6 is 11.6 Å². The summed E-state index contributed by atoms with van der Waals surface area (Å²) in [7, 11) is 1.48. The second-order valence-corrected chi connectivity index (χ2v) is 7.71. The molecule has 2 aromatic rings. The maximum atomic E-state index is 11.9. The molecule has 0 amide bonds. The number of unbranched alkanes of at least 4 members (excludes halogenated alkanes) is 5. The molecule has 0 saturated carbocycles. The molecule has 0 aliphatic carbocycles. The van der Waals surface area contributed by atoms with Gasteiger partial charge >= 0.3 is 6.16 Å². The van der Waals surface area contributed by atoms with Gasteiger partial charge in [0.2, 0.25) is 5.28 Å². The van der Waals surface area contributed by atoms with Crippen LogP contribution in [0.5, 0.6) is 0 Å². The fourth-order valence-corrected chi connectivity index (χ4v) is 3.37. The Hall–Kier alpha value is -2.50. The lowest BCUT2D eigenvalue weighted by molar-refractivity contribution is -0.0392. The predicted octanol–water partition coefficient (Wildman–Crippen LogP) is 4.59. The molecule has 1 unspecified atom stereocenters. The molecule has 2 rings (SSSR count). The third kappa shape index (κ3) is 7.30. The van der Waals surface area contributed by atoms with Crippen molar-refractivity contribution in [3.8, 4) is 12.3 Å². The molecule has 0 spiro atoms. The summed E-state index contributed by atoms with van der Waals surface area (Å²) in [6, 6.07) is 1.81. The van der Waals surface area contributed by atoms with E-state index in [1.165, 1.54) is 26.4 Å². The molecule has 2 N–H and O–H groups in total. The van der Waals surface area contributed by atoms with E-state index in [1.54, 1.807) is 0 Å². The van der Waals surface area contributed by atoms with E-state index in [0.717, 1.165) is 19.3 Å². The van der Waals surface area contributed by atoms with Crippen molar-refractivity contribution in [2.75, 3.05) is 26.1 Å². The Bertz CT molecular complexity index is 895. The molecule has 9 heteroatoms. The molecule has 0 aromatic carbocycles. The summed E-state index contributed by atoms with van der Waals surface area (Å²) in [6.07, 6.45) is 13.8. The minimum atomic E-state index is -1.10. The van der Waals surface area contributed by atoms with Crippen LogP contribution in [0, 0.1) is 12.3 Å². The van der Waals surface area contributed by atoms with E-state index in [1.807, 2.05) is 16.8 Å². The van der Waals surface area contributed by atoms with E-state index >= 15 is 0 Å². The second-order valence-electron chi connectivity index (χ2n) is 7.37. The number of halogens is 1. The van der Waals surface area contributed by atoms with E-state index in [0.29, 0.717) is 36.4 Å². The summed E-state index contributed by atoms with van der Waals surface area (Å²) in [5, 5.41) is 0.763. The number of fused-ring (bicyclic) bond motifs is 1. The monoisotopic (exact) mass is 450 g/mol. The van der Waals surface area contributed by atoms with Gasteiger partial charge in [-0.2, -0.15) is 4.98 Å². The van der Waals surface area contributed by atoms with Crippen LogP contribution in [0.2, 0.25) is 5.28 Å². The van der Waals surface area contributed by atoms with Gasteiger partial charge in [0, 0.05) is 26.3 Å². The lowest BCUT2D eigenvalue weighted by atomic mass is 10.0. The van der Waals surface area contributed by atoms with E-state index in [2.05, 4.69) is 22.8 Å². The van der Waals surface area contributed by atoms with Crippen LogP contribution in [-0.2, 0) is 20.8 Å². The number of nitrogen functional groups attached to an aromatic ring is 1. The van der Waals surface area contributed by atoms with Crippen LogP contribution in [0.4, 0.5) is 10.6 Å². The van der Waals surface area contributed by atoms with Gasteiger partial charge in [0.05, 0.1) is 12.0 Å². The van der Waals surface area contributed by atoms with Crippen molar-refractivity contribution in [1.82, 2.24) is 14.5 Å². The highest BCUT2D eigenvalue weighted by molar-refractivity contribution is 6.28. The number of nitrogens with two attached hydrogens (primary N) is 1. The van der Waals surface area contributed by atoms with Gasteiger partial charge in [-0.3, -0.25) is 0 Å². The van der Waals surface area contributed by atoms with Gasteiger partial charge in [0.25, 0.3) is 0 Å². The summed E-state index contributed by atoms with van der Waals surface area (Å²) in [6.45, 7) is 2.84. The van der Waals surface area contributed by atoms with Gasteiger partial charge in [-0.15, -0.1) is 6.42 Å². The molecular weight excluding hydrogens is 420 g/mol. The second kappa shape index (κ2) is 12.4. The number of methoxy groups -OCH3 is 1. The van der Waals surface area contributed by atoms with Crippen LogP contribution in [-0.4, -0.2) is 46.6 Å². The number of aromatic nitrogens is 3. The molecule has 31 heavy (non-hydrogen) atoms. The first-order valence-electron chi connectivity index (χ1n) is 10.5. The molecule has 2 aromatic heterocycles. The topological polar surface area (TPSA) is 101 Å². The molecular formula is C22H31ClN4O4. The predicted molar refractivity (Wildman–Crippen MR) is 121 cm³/mol. The Morgan fingerprint density at radius 2 is 2.00 bits per heavy atom. The first kappa shape index (κ1) is 24.8. The minimum Gasteiger partial charge on any atom is -0.434 e. The van der Waals surface area contributed by atoms with Gasteiger partial charge in [-0.1, -0.05) is 44.9 Å². The summed E-state index contributed by atoms with van der Waals surface area (Å²) in [5.74, 6) is 2.90. The molecule has 0 radical (unpaired) electrons. The van der Waals surface area contributed by atoms with Crippen LogP contribution in [0.3, 0.4) is 0 Å². The largest absolute Gasteiger partial charge is 0.508 e. The molecule has 2 heterocycles. The summed E-state index contributed by atoms with van der Waals surface area (Å²) < 4.78 is 17.7. The van der Waals surface area contributed by atoms with E-state index < -0.39 is 11.8 Å². The summed E-state index contributed by atoms with van der Waals surface area (Å²) in [4.78, 5) is 20.1. The molecule has 0 aliphatic heterocycles. The highest BCUT2D eigenvalue weighted by atomic mass is 35.5. The third-order valence-electron chi connectivity index (χ3n) is 5.17. The molecule has 0 bridgehead atoms. The number of terminal acetylenes is 1. The minimum absolute atomic E-state index is 0.0661. The van der Waals surface area contributed by atoms with Crippen LogP contribution in [0.1, 0.15) is 51.9 Å². The van der Waals surface area contributed by atoms with Crippen molar-refractivity contribution in [3.05, 3.63) is 17.5 Å². The molecule has 1 atom stereocenters. The lowest BCUT2D eigenvalue weighted by Crippen LogP contribution is -2.37. The Morgan fingerprint density at radius 3 is 2.71 bits per heavy atom. The molecule has 0 fully saturated rings. The number of ether oxygens (including phenoxy) is 3. The Morgan fingerprint density at radius 1 is 1.26 bits per heavy atom. The summed E-state index contributed by atoms with van der Waals surface area (Å²) in [5.41, 5.74) is 5.39. The van der Waals surface area contributed by atoms with Crippen LogP contribution in [0.25, 0.3) is 11.0 Å². The number of nitrogens with zero attached hydrogens (tertiary/aromatic N) is 3. The van der Waals surface area contributed by atoms with Gasteiger partial charge < -0.3 is 24.5 Å². The SMILES string of the molecule is C#CC(CCn1ccc2c(N)nc(Cl)nc21)(COC(=O)OCCCCCCCC)OC. The average Bonchev–Trinajstić information content (AvgIpc) is 3.17. The Balaban J connectivity index is 1.84. The Labute approximate surface area is 188 Å². The van der Waals surface area contributed by atoms with Crippen molar-refractivity contribution in [2.45, 2.75) is 64.0 Å².